The summed E-state index contributed by atoms with van der Waals surface area (Å²) in [5, 5.41) is 14.5. The zero-order valence-corrected chi connectivity index (χ0v) is 19.9. The Morgan fingerprint density at radius 1 is 1.12 bits per heavy atom. The monoisotopic (exact) mass is 439 g/mol. The maximum Gasteiger partial charge on any atom is 0.511 e. The largest absolute Gasteiger partial charge is 0.511 e. The molecule has 172 valence electrons. The molecule has 0 aliphatic rings. The molecule has 7 heteroatoms. The van der Waals surface area contributed by atoms with E-state index in [9.17, 15) is 10.1 Å². The number of unbranched alkanes of at least 4 members (excludes halogenated alkanes) is 1. The van der Waals surface area contributed by atoms with Gasteiger partial charge >= 0.3 is 6.16 Å². The van der Waals surface area contributed by atoms with Crippen LogP contribution in [-0.2, 0) is 26.2 Å². The first-order valence-corrected chi connectivity index (χ1v) is 10.9. The molecule has 2 rings (SSSR count). The van der Waals surface area contributed by atoms with Crippen LogP contribution < -0.4 is 0 Å². The lowest BCUT2D eigenvalue weighted by molar-refractivity contribution is -0.00603. The van der Waals surface area contributed by atoms with E-state index >= 15 is 0 Å². The van der Waals surface area contributed by atoms with Gasteiger partial charge < -0.3 is 14.2 Å². The van der Waals surface area contributed by atoms with E-state index in [0.717, 1.165) is 24.1 Å². The summed E-state index contributed by atoms with van der Waals surface area (Å²) in [7, 11) is 0. The van der Waals surface area contributed by atoms with Gasteiger partial charge in [0.15, 0.2) is 5.76 Å². The van der Waals surface area contributed by atoms with Crippen molar-refractivity contribution >= 4 is 17.5 Å². The molecule has 0 amide bonds. The van der Waals surface area contributed by atoms with Crippen LogP contribution in [0.5, 0.6) is 0 Å². The molecule has 7 nitrogen and oxygen atoms in total. The molecule has 2 aromatic rings. The van der Waals surface area contributed by atoms with Crippen molar-refractivity contribution < 1.29 is 19.0 Å². The molecule has 1 aromatic heterocycles. The van der Waals surface area contributed by atoms with Crippen LogP contribution in [0.4, 0.5) is 4.79 Å². The van der Waals surface area contributed by atoms with Crippen LogP contribution in [0.3, 0.4) is 0 Å². The summed E-state index contributed by atoms with van der Waals surface area (Å²) in [5.74, 6) is 0.305. The minimum Gasteiger partial charge on any atom is -0.454 e. The highest BCUT2D eigenvalue weighted by Gasteiger charge is 2.20. The Morgan fingerprint density at radius 3 is 2.38 bits per heavy atom. The van der Waals surface area contributed by atoms with Gasteiger partial charge in [0.25, 0.3) is 0 Å². The van der Waals surface area contributed by atoms with E-state index in [1.165, 1.54) is 0 Å². The van der Waals surface area contributed by atoms with Gasteiger partial charge in [0.05, 0.1) is 12.3 Å². The second-order valence-electron chi connectivity index (χ2n) is 8.49. The number of aryl methyl sites for hydroxylation is 2. The third-order valence-electron chi connectivity index (χ3n) is 4.91. The number of aromatic nitrogens is 2. The lowest BCUT2D eigenvalue weighted by Crippen LogP contribution is -2.13. The molecule has 0 atom stereocenters. The standard InChI is InChI=1S/C25H33N3O4/c1-7-9-14-30-24(29)32-17-31-23(22-15-18(3)27-28(22)8-2)21(16-26)19-10-12-20(13-11-19)25(4,5)6/h10-13,15H,7-9,14,17H2,1-6H3/b23-21-. The minimum absolute atomic E-state index is 0.00169. The number of ether oxygens (including phenoxy) is 3. The van der Waals surface area contributed by atoms with Gasteiger partial charge in [-0.3, -0.25) is 4.68 Å². The molecule has 0 saturated carbocycles. The molecular formula is C25H33N3O4. The summed E-state index contributed by atoms with van der Waals surface area (Å²) in [6, 6.07) is 11.9. The molecule has 0 fully saturated rings. The Labute approximate surface area is 190 Å². The zero-order valence-electron chi connectivity index (χ0n) is 19.9. The van der Waals surface area contributed by atoms with Gasteiger partial charge in [0, 0.05) is 6.54 Å². The lowest BCUT2D eigenvalue weighted by Gasteiger charge is -2.19. The maximum atomic E-state index is 11.8. The van der Waals surface area contributed by atoms with Gasteiger partial charge in [0.1, 0.15) is 17.3 Å². The molecule has 0 radical (unpaired) electrons. The highest BCUT2D eigenvalue weighted by Crippen LogP contribution is 2.30. The summed E-state index contributed by atoms with van der Waals surface area (Å²) in [4.78, 5) is 11.8. The third kappa shape index (κ3) is 6.61. The van der Waals surface area contributed by atoms with Crippen LogP contribution >= 0.6 is 0 Å². The number of carbonyl (C=O) groups is 1. The molecule has 1 aromatic carbocycles. The lowest BCUT2D eigenvalue weighted by atomic mass is 9.86. The van der Waals surface area contributed by atoms with Crippen molar-refractivity contribution in [2.75, 3.05) is 13.4 Å². The van der Waals surface area contributed by atoms with Crippen LogP contribution in [0.2, 0.25) is 0 Å². The zero-order chi connectivity index (χ0) is 23.7. The Balaban J connectivity index is 2.38. The van der Waals surface area contributed by atoms with Gasteiger partial charge in [-0.15, -0.1) is 0 Å². The van der Waals surface area contributed by atoms with E-state index in [0.29, 0.717) is 35.7 Å². The number of benzene rings is 1. The van der Waals surface area contributed by atoms with Gasteiger partial charge in [0.2, 0.25) is 6.79 Å². The number of nitrogens with zero attached hydrogens (tertiary/aromatic N) is 3. The van der Waals surface area contributed by atoms with E-state index in [2.05, 4.69) is 31.9 Å². The molecule has 0 unspecified atom stereocenters. The average Bonchev–Trinajstić information content (AvgIpc) is 3.13. The van der Waals surface area contributed by atoms with Crippen molar-refractivity contribution in [3.05, 3.63) is 52.8 Å². The van der Waals surface area contributed by atoms with Crippen molar-refractivity contribution in [3.8, 4) is 6.07 Å². The molecule has 1 heterocycles. The number of hydrogen-bond acceptors (Lipinski definition) is 6. The van der Waals surface area contributed by atoms with Crippen LogP contribution in [0, 0.1) is 18.3 Å². The van der Waals surface area contributed by atoms with Crippen LogP contribution in [-0.4, -0.2) is 29.3 Å². The molecule has 0 spiro atoms. The fourth-order valence-electron chi connectivity index (χ4n) is 3.10. The Bertz CT molecular complexity index is 976. The van der Waals surface area contributed by atoms with E-state index in [1.54, 1.807) is 4.68 Å². The highest BCUT2D eigenvalue weighted by molar-refractivity contribution is 5.94. The van der Waals surface area contributed by atoms with Crippen molar-refractivity contribution in [2.24, 2.45) is 0 Å². The first-order valence-electron chi connectivity index (χ1n) is 10.9. The number of rotatable bonds is 9. The summed E-state index contributed by atoms with van der Waals surface area (Å²) < 4.78 is 17.6. The fourth-order valence-corrected chi connectivity index (χ4v) is 3.10. The molecule has 0 N–H and O–H groups in total. The molecule has 0 saturated heterocycles. The number of hydrogen-bond donors (Lipinski definition) is 0. The van der Waals surface area contributed by atoms with Gasteiger partial charge in [-0.2, -0.15) is 10.4 Å². The van der Waals surface area contributed by atoms with Crippen LogP contribution in [0.25, 0.3) is 11.3 Å². The number of carbonyl (C=O) groups excluding carboxylic acids is 1. The van der Waals surface area contributed by atoms with Gasteiger partial charge in [-0.05, 0) is 42.9 Å². The summed E-state index contributed by atoms with van der Waals surface area (Å²) in [5.41, 5.74) is 3.64. The van der Waals surface area contributed by atoms with Gasteiger partial charge in [-0.1, -0.05) is 58.4 Å². The predicted molar refractivity (Wildman–Crippen MR) is 124 cm³/mol. The molecule has 0 aliphatic carbocycles. The van der Waals surface area contributed by atoms with Crippen molar-refractivity contribution in [1.82, 2.24) is 9.78 Å². The molecule has 0 bridgehead atoms. The summed E-state index contributed by atoms with van der Waals surface area (Å²) >= 11 is 0. The Morgan fingerprint density at radius 2 is 1.81 bits per heavy atom. The Hall–Kier alpha value is -3.27. The second kappa shape index (κ2) is 11.4. The smallest absolute Gasteiger partial charge is 0.454 e. The number of nitriles is 1. The van der Waals surface area contributed by atoms with Gasteiger partial charge in [-0.25, -0.2) is 4.79 Å². The quantitative estimate of drug-likeness (QED) is 0.161. The van der Waals surface area contributed by atoms with E-state index in [4.69, 9.17) is 14.2 Å². The van der Waals surface area contributed by atoms with Crippen molar-refractivity contribution in [1.29, 1.82) is 5.26 Å². The fraction of sp³-hybridized carbons (Fsp3) is 0.480. The molecule has 32 heavy (non-hydrogen) atoms. The predicted octanol–water partition coefficient (Wildman–Crippen LogP) is 5.83. The van der Waals surface area contributed by atoms with Crippen molar-refractivity contribution in [2.45, 2.75) is 66.3 Å². The first-order chi connectivity index (χ1) is 15.2. The van der Waals surface area contributed by atoms with E-state index < -0.39 is 6.16 Å². The minimum atomic E-state index is -0.800. The SMILES string of the molecule is CCCCOC(=O)OCO/C(=C(/C#N)c1ccc(C(C)(C)C)cc1)c1cc(C)nn1CC. The molecule has 0 aliphatic heterocycles. The first kappa shape index (κ1) is 25.0. The van der Waals surface area contributed by atoms with E-state index in [-0.39, 0.29) is 12.2 Å². The topological polar surface area (TPSA) is 86.4 Å². The van der Waals surface area contributed by atoms with Crippen molar-refractivity contribution in [3.63, 3.8) is 0 Å². The Kier molecular flexibility index (Phi) is 8.89. The summed E-state index contributed by atoms with van der Waals surface area (Å²) in [6.07, 6.45) is 0.876. The highest BCUT2D eigenvalue weighted by atomic mass is 16.8. The normalized spacial score (nSPS) is 12.0. The number of allylic oxidation sites excluding steroid dienone is 1. The summed E-state index contributed by atoms with van der Waals surface area (Å²) in [6.45, 7) is 12.8. The third-order valence-corrected chi connectivity index (χ3v) is 4.91. The second-order valence-corrected chi connectivity index (χ2v) is 8.49. The maximum absolute atomic E-state index is 11.8. The average molecular weight is 440 g/mol. The van der Waals surface area contributed by atoms with Crippen LogP contribution in [0.1, 0.15) is 70.0 Å². The molecular weight excluding hydrogens is 406 g/mol. The van der Waals surface area contributed by atoms with Crippen LogP contribution in [0.15, 0.2) is 30.3 Å². The van der Waals surface area contributed by atoms with E-state index in [1.807, 2.05) is 51.1 Å².